The normalized spacial score (nSPS) is 15.5. The van der Waals surface area contributed by atoms with Crippen LogP contribution in [0.5, 0.6) is 0 Å². The minimum absolute atomic E-state index is 0.247. The van der Waals surface area contributed by atoms with E-state index in [2.05, 4.69) is 15.2 Å². The molecule has 4 rings (SSSR count). The Bertz CT molecular complexity index is 1080. The topological polar surface area (TPSA) is 89.2 Å². The molecule has 7 nitrogen and oxygen atoms in total. The molecule has 1 fully saturated rings. The Hall–Kier alpha value is -1.94. The number of pyridine rings is 1. The highest BCUT2D eigenvalue weighted by Gasteiger charge is 2.26. The molecule has 3 heterocycles. The third-order valence-corrected chi connectivity index (χ3v) is 7.60. The Kier molecular flexibility index (Phi) is 6.19. The number of hydrogen-bond donors (Lipinski definition) is 0. The van der Waals surface area contributed by atoms with Gasteiger partial charge in [-0.1, -0.05) is 41.9 Å². The maximum atomic E-state index is 12.9. The molecular formula is C19H19ClN4O3S2. The van der Waals surface area contributed by atoms with Gasteiger partial charge >= 0.3 is 0 Å². The third-order valence-electron chi connectivity index (χ3n) is 4.59. The number of thioether (sulfide) groups is 1. The largest absolute Gasteiger partial charge is 0.411 e. The summed E-state index contributed by atoms with van der Waals surface area (Å²) in [6.07, 6.45) is 4.56. The smallest absolute Gasteiger partial charge is 0.277 e. The lowest BCUT2D eigenvalue weighted by atomic mass is 10.2. The molecule has 2 aromatic heterocycles. The van der Waals surface area contributed by atoms with Crippen molar-refractivity contribution in [1.29, 1.82) is 0 Å². The Balaban J connectivity index is 1.49. The minimum atomic E-state index is -3.51. The summed E-state index contributed by atoms with van der Waals surface area (Å²) in [5.74, 6) is 0.896. The molecule has 1 aromatic carbocycles. The second-order valence-corrected chi connectivity index (χ2v) is 9.90. The van der Waals surface area contributed by atoms with Gasteiger partial charge in [-0.15, -0.1) is 10.2 Å². The zero-order chi connectivity index (χ0) is 20.3. The Morgan fingerprint density at radius 2 is 1.93 bits per heavy atom. The number of benzene rings is 1. The van der Waals surface area contributed by atoms with Crippen LogP contribution >= 0.6 is 23.4 Å². The Labute approximate surface area is 178 Å². The maximum absolute atomic E-state index is 12.9. The number of rotatable bonds is 6. The van der Waals surface area contributed by atoms with Crippen LogP contribution in [-0.2, 0) is 15.8 Å². The molecular weight excluding hydrogens is 432 g/mol. The van der Waals surface area contributed by atoms with E-state index in [4.69, 9.17) is 16.0 Å². The summed E-state index contributed by atoms with van der Waals surface area (Å²) in [7, 11) is -3.51. The van der Waals surface area contributed by atoms with Crippen LogP contribution < -0.4 is 0 Å². The van der Waals surface area contributed by atoms with E-state index in [0.717, 1.165) is 24.8 Å². The van der Waals surface area contributed by atoms with Crippen LogP contribution in [0, 0.1) is 0 Å². The molecule has 0 bridgehead atoms. The van der Waals surface area contributed by atoms with E-state index in [-0.39, 0.29) is 10.8 Å². The number of aromatic nitrogens is 3. The number of halogens is 1. The first-order valence-electron chi connectivity index (χ1n) is 9.20. The highest BCUT2D eigenvalue weighted by atomic mass is 35.5. The highest BCUT2D eigenvalue weighted by molar-refractivity contribution is 7.98. The zero-order valence-corrected chi connectivity index (χ0v) is 17.9. The summed E-state index contributed by atoms with van der Waals surface area (Å²) >= 11 is 7.17. The SMILES string of the molecule is O=S(=O)(c1cccc(-c2nnc(SCc3ccc(Cl)nc3)o2)c1)N1CCCCC1. The maximum Gasteiger partial charge on any atom is 0.277 e. The fourth-order valence-electron chi connectivity index (χ4n) is 3.07. The number of piperidine rings is 1. The van der Waals surface area contributed by atoms with Crippen LogP contribution in [0.15, 0.2) is 57.1 Å². The number of sulfonamides is 1. The summed E-state index contributed by atoms with van der Waals surface area (Å²) in [6.45, 7) is 1.13. The molecule has 0 unspecified atom stereocenters. The molecule has 1 saturated heterocycles. The average molecular weight is 451 g/mol. The van der Waals surface area contributed by atoms with Crippen LogP contribution in [0.1, 0.15) is 24.8 Å². The Morgan fingerprint density at radius 3 is 2.69 bits per heavy atom. The molecule has 152 valence electrons. The second-order valence-electron chi connectivity index (χ2n) is 6.64. The fraction of sp³-hybridized carbons (Fsp3) is 0.316. The molecule has 1 aliphatic rings. The van der Waals surface area contributed by atoms with Crippen molar-refractivity contribution in [2.24, 2.45) is 0 Å². The molecule has 1 aliphatic heterocycles. The summed E-state index contributed by atoms with van der Waals surface area (Å²) < 4.78 is 33.1. The molecule has 0 atom stereocenters. The summed E-state index contributed by atoms with van der Waals surface area (Å²) in [5.41, 5.74) is 1.56. The van der Waals surface area contributed by atoms with Crippen LogP contribution in [0.4, 0.5) is 0 Å². The van der Waals surface area contributed by atoms with E-state index in [1.165, 1.54) is 11.8 Å². The summed E-state index contributed by atoms with van der Waals surface area (Å²) in [6, 6.07) is 10.3. The van der Waals surface area contributed by atoms with Crippen molar-refractivity contribution in [3.05, 3.63) is 53.3 Å². The van der Waals surface area contributed by atoms with Gasteiger partial charge in [0.25, 0.3) is 5.22 Å². The quantitative estimate of drug-likeness (QED) is 0.409. The van der Waals surface area contributed by atoms with Crippen molar-refractivity contribution in [3.8, 4) is 11.5 Å². The standard InChI is InChI=1S/C19H19ClN4O3S2/c20-17-8-7-14(12-21-17)13-28-19-23-22-18(27-19)15-5-4-6-16(11-15)29(25,26)24-9-2-1-3-10-24/h4-8,11-12H,1-3,9-10,13H2. The average Bonchev–Trinajstić information content (AvgIpc) is 3.23. The summed E-state index contributed by atoms with van der Waals surface area (Å²) in [4.78, 5) is 4.29. The first kappa shape index (κ1) is 20.3. The molecule has 0 radical (unpaired) electrons. The Morgan fingerprint density at radius 1 is 1.10 bits per heavy atom. The van der Waals surface area contributed by atoms with Gasteiger partial charge in [-0.2, -0.15) is 4.31 Å². The third kappa shape index (κ3) is 4.80. The molecule has 29 heavy (non-hydrogen) atoms. The van der Waals surface area contributed by atoms with Gasteiger partial charge in [0, 0.05) is 30.6 Å². The van der Waals surface area contributed by atoms with E-state index in [9.17, 15) is 8.42 Å². The van der Waals surface area contributed by atoms with Crippen molar-refractivity contribution < 1.29 is 12.8 Å². The molecule has 0 amide bonds. The molecule has 3 aromatic rings. The molecule has 10 heteroatoms. The van der Waals surface area contributed by atoms with Crippen molar-refractivity contribution in [1.82, 2.24) is 19.5 Å². The molecule has 0 spiro atoms. The number of nitrogens with zero attached hydrogens (tertiary/aromatic N) is 4. The lowest BCUT2D eigenvalue weighted by Crippen LogP contribution is -2.35. The van der Waals surface area contributed by atoms with Gasteiger partial charge in [-0.05, 0) is 42.7 Å². The van der Waals surface area contributed by atoms with Gasteiger partial charge < -0.3 is 4.42 Å². The van der Waals surface area contributed by atoms with Crippen molar-refractivity contribution in [2.75, 3.05) is 13.1 Å². The van der Waals surface area contributed by atoms with Gasteiger partial charge in [0.2, 0.25) is 15.9 Å². The van der Waals surface area contributed by atoms with Gasteiger partial charge in [0.15, 0.2) is 0 Å². The lowest BCUT2D eigenvalue weighted by Gasteiger charge is -2.25. The fourth-order valence-corrected chi connectivity index (χ4v) is 5.44. The lowest BCUT2D eigenvalue weighted by molar-refractivity contribution is 0.346. The van der Waals surface area contributed by atoms with E-state index in [1.807, 2.05) is 6.07 Å². The van der Waals surface area contributed by atoms with E-state index < -0.39 is 10.0 Å². The van der Waals surface area contributed by atoms with Crippen molar-refractivity contribution >= 4 is 33.4 Å². The van der Waals surface area contributed by atoms with Crippen molar-refractivity contribution in [3.63, 3.8) is 0 Å². The van der Waals surface area contributed by atoms with Crippen LogP contribution in [-0.4, -0.2) is 41.0 Å². The van der Waals surface area contributed by atoms with Crippen LogP contribution in [0.3, 0.4) is 0 Å². The minimum Gasteiger partial charge on any atom is -0.411 e. The highest BCUT2D eigenvalue weighted by Crippen LogP contribution is 2.28. The second kappa shape index (κ2) is 8.83. The van der Waals surface area contributed by atoms with E-state index in [1.54, 1.807) is 40.8 Å². The van der Waals surface area contributed by atoms with Gasteiger partial charge in [0.1, 0.15) is 5.15 Å². The van der Waals surface area contributed by atoms with Crippen molar-refractivity contribution in [2.45, 2.75) is 35.1 Å². The molecule has 0 saturated carbocycles. The predicted molar refractivity (Wildman–Crippen MR) is 111 cm³/mol. The van der Waals surface area contributed by atoms with E-state index in [0.29, 0.717) is 34.8 Å². The zero-order valence-electron chi connectivity index (χ0n) is 15.5. The van der Waals surface area contributed by atoms with E-state index >= 15 is 0 Å². The molecule has 0 aliphatic carbocycles. The van der Waals surface area contributed by atoms with Gasteiger partial charge in [-0.3, -0.25) is 0 Å². The summed E-state index contributed by atoms with van der Waals surface area (Å²) in [5, 5.41) is 8.96. The van der Waals surface area contributed by atoms with Gasteiger partial charge in [0.05, 0.1) is 4.90 Å². The number of hydrogen-bond acceptors (Lipinski definition) is 7. The monoisotopic (exact) mass is 450 g/mol. The first-order chi connectivity index (χ1) is 14.0. The van der Waals surface area contributed by atoms with Gasteiger partial charge in [-0.25, -0.2) is 13.4 Å². The predicted octanol–water partition coefficient (Wildman–Crippen LogP) is 4.25. The molecule has 0 N–H and O–H groups in total. The van der Waals surface area contributed by atoms with Crippen LogP contribution in [0.2, 0.25) is 5.15 Å². The van der Waals surface area contributed by atoms with Crippen LogP contribution in [0.25, 0.3) is 11.5 Å². The first-order valence-corrected chi connectivity index (χ1v) is 12.0.